The van der Waals surface area contributed by atoms with E-state index in [2.05, 4.69) is 21.3 Å². The van der Waals surface area contributed by atoms with E-state index in [1.807, 2.05) is 0 Å². The lowest BCUT2D eigenvalue weighted by molar-refractivity contribution is -0.274. The number of aromatic nitrogens is 1. The number of nitrogens with one attached hydrogen (secondary N) is 1. The lowest BCUT2D eigenvalue weighted by Gasteiger charge is -2.08. The third kappa shape index (κ3) is 4.27. The summed E-state index contributed by atoms with van der Waals surface area (Å²) >= 11 is 4.32. The van der Waals surface area contributed by atoms with Gasteiger partial charge in [-0.3, -0.25) is 9.59 Å². The first kappa shape index (κ1) is 16.0. The third-order valence-electron chi connectivity index (χ3n) is 2.27. The molecular formula is C12H9ClF3NO3. The van der Waals surface area contributed by atoms with Crippen LogP contribution in [-0.2, 0) is 4.79 Å². The Balaban J connectivity index is 0.000000612. The highest BCUT2D eigenvalue weighted by molar-refractivity contribution is 6.54. The van der Waals surface area contributed by atoms with E-state index in [0.717, 1.165) is 0 Å². The predicted molar refractivity (Wildman–Crippen MR) is 67.6 cm³/mol. The first-order chi connectivity index (χ1) is 9.28. The molecule has 2 aromatic rings. The molecule has 0 unspecified atom stereocenters. The zero-order chi connectivity index (χ0) is 15.3. The van der Waals surface area contributed by atoms with Crippen LogP contribution < -0.4 is 4.74 Å². The average molecular weight is 308 g/mol. The maximum absolute atomic E-state index is 12.0. The van der Waals surface area contributed by atoms with Crippen LogP contribution in [0.5, 0.6) is 5.75 Å². The van der Waals surface area contributed by atoms with Gasteiger partial charge in [0, 0.05) is 22.7 Å². The van der Waals surface area contributed by atoms with Crippen molar-refractivity contribution in [3.05, 3.63) is 30.0 Å². The monoisotopic (exact) mass is 307 g/mol. The molecule has 1 aromatic heterocycles. The van der Waals surface area contributed by atoms with Crippen molar-refractivity contribution in [2.45, 2.75) is 13.3 Å². The van der Waals surface area contributed by atoms with Crippen molar-refractivity contribution < 1.29 is 27.5 Å². The van der Waals surface area contributed by atoms with Gasteiger partial charge in [-0.25, -0.2) is 0 Å². The van der Waals surface area contributed by atoms with Crippen molar-refractivity contribution in [3.63, 3.8) is 0 Å². The Kier molecular flexibility index (Phi) is 5.15. The van der Waals surface area contributed by atoms with Crippen molar-refractivity contribution in [1.29, 1.82) is 0 Å². The Morgan fingerprint density at radius 1 is 1.40 bits per heavy atom. The Hall–Kier alpha value is -2.02. The summed E-state index contributed by atoms with van der Waals surface area (Å²) in [6.45, 7) is 1.35. The number of halogens is 4. The van der Waals surface area contributed by atoms with Crippen molar-refractivity contribution in [3.8, 4) is 5.75 Å². The van der Waals surface area contributed by atoms with Crippen LogP contribution in [0.15, 0.2) is 24.4 Å². The molecule has 0 aliphatic heterocycles. The molecule has 0 spiro atoms. The summed E-state index contributed by atoms with van der Waals surface area (Å²) in [5, 5.41) is 0.416. The number of H-pyrrole nitrogens is 1. The summed E-state index contributed by atoms with van der Waals surface area (Å²) in [5.74, 6) is -0.340. The van der Waals surface area contributed by atoms with Crippen molar-refractivity contribution >= 4 is 34.0 Å². The lowest BCUT2D eigenvalue weighted by Crippen LogP contribution is -2.17. The number of carbonyl (C=O) groups excluding carboxylic acids is 2. The molecule has 0 aliphatic carbocycles. The molecule has 1 aromatic carbocycles. The average Bonchev–Trinajstić information content (AvgIpc) is 2.70. The smallest absolute Gasteiger partial charge is 0.406 e. The summed E-state index contributed by atoms with van der Waals surface area (Å²) in [6, 6.07) is 3.81. The zero-order valence-corrected chi connectivity index (χ0v) is 10.9. The number of ketones is 1. The highest BCUT2D eigenvalue weighted by Crippen LogP contribution is 2.28. The summed E-state index contributed by atoms with van der Waals surface area (Å²) in [6.07, 6.45) is -3.27. The van der Waals surface area contributed by atoms with Gasteiger partial charge in [0.25, 0.3) is 0 Å². The van der Waals surface area contributed by atoms with Crippen LogP contribution in [0.3, 0.4) is 0 Å². The van der Waals surface area contributed by atoms with Crippen molar-refractivity contribution in [2.75, 3.05) is 0 Å². The largest absolute Gasteiger partial charge is 0.573 e. The van der Waals surface area contributed by atoms with Gasteiger partial charge < -0.3 is 9.72 Å². The second-order valence-electron chi connectivity index (χ2n) is 3.60. The number of rotatable bonds is 2. The minimum absolute atomic E-state index is 0.222. The Bertz CT molecular complexity index is 622. The van der Waals surface area contributed by atoms with Gasteiger partial charge in [0.2, 0.25) is 5.75 Å². The number of carbonyl (C=O) groups is 2. The summed E-state index contributed by atoms with van der Waals surface area (Å²) in [7, 11) is 0. The van der Waals surface area contributed by atoms with E-state index in [9.17, 15) is 18.0 Å². The summed E-state index contributed by atoms with van der Waals surface area (Å²) in [5.41, 5.74) is 0.928. The van der Waals surface area contributed by atoms with E-state index >= 15 is 0 Å². The first-order valence-corrected chi connectivity index (χ1v) is 5.64. The molecule has 20 heavy (non-hydrogen) atoms. The quantitative estimate of drug-likeness (QED) is 0.523. The van der Waals surface area contributed by atoms with E-state index in [1.165, 1.54) is 31.3 Å². The zero-order valence-electron chi connectivity index (χ0n) is 10.1. The molecule has 0 saturated carbocycles. The summed E-state index contributed by atoms with van der Waals surface area (Å²) in [4.78, 5) is 22.6. The highest BCUT2D eigenvalue weighted by Gasteiger charge is 2.31. The number of alkyl halides is 3. The second-order valence-corrected chi connectivity index (χ2v) is 3.78. The number of hydrogen-bond donors (Lipinski definition) is 1. The van der Waals surface area contributed by atoms with Gasteiger partial charge in [0.05, 0.1) is 0 Å². The number of fused-ring (bicyclic) bond motifs is 1. The van der Waals surface area contributed by atoms with Crippen LogP contribution in [0.4, 0.5) is 13.2 Å². The summed E-state index contributed by atoms with van der Waals surface area (Å²) < 4.78 is 39.9. The Morgan fingerprint density at radius 3 is 2.50 bits per heavy atom. The fourth-order valence-corrected chi connectivity index (χ4v) is 1.59. The van der Waals surface area contributed by atoms with Gasteiger partial charge in [-0.15, -0.1) is 13.2 Å². The Morgan fingerprint density at radius 2 is 2.00 bits per heavy atom. The van der Waals surface area contributed by atoms with Crippen LogP contribution in [0.25, 0.3) is 10.9 Å². The number of aromatic amines is 1. The maximum atomic E-state index is 12.0. The molecular weight excluding hydrogens is 299 g/mol. The SMILES string of the molecule is CC(=O)c1c[nH]c2ccc(OC(F)(F)F)cc12.O=CCl. The van der Waals surface area contributed by atoms with E-state index in [1.54, 1.807) is 0 Å². The fraction of sp³-hybridized carbons (Fsp3) is 0.167. The fourth-order valence-electron chi connectivity index (χ4n) is 1.59. The molecule has 1 heterocycles. The molecule has 108 valence electrons. The molecule has 0 aliphatic rings. The molecule has 0 radical (unpaired) electrons. The number of hydrogen-bond acceptors (Lipinski definition) is 3. The molecule has 1 N–H and O–H groups in total. The standard InChI is InChI=1S/C11H8F3NO2.CHClO/c1-6(16)9-5-15-10-3-2-7(4-8(9)10)17-11(12,13)14;2-1-3/h2-5,15H,1H3;1H. The molecule has 0 fully saturated rings. The molecule has 4 nitrogen and oxygen atoms in total. The van der Waals surface area contributed by atoms with Crippen molar-refractivity contribution in [2.24, 2.45) is 0 Å². The maximum Gasteiger partial charge on any atom is 0.573 e. The highest BCUT2D eigenvalue weighted by atomic mass is 35.5. The topological polar surface area (TPSA) is 59.2 Å². The van der Waals surface area contributed by atoms with Gasteiger partial charge in [0.15, 0.2) is 5.78 Å². The molecule has 0 bridgehead atoms. The van der Waals surface area contributed by atoms with E-state index in [0.29, 0.717) is 16.5 Å². The number of Topliss-reactive ketones (excluding diaryl/α,β-unsaturated/α-hetero) is 1. The lowest BCUT2D eigenvalue weighted by atomic mass is 10.1. The number of ether oxygens (including phenoxy) is 1. The van der Waals surface area contributed by atoms with Crippen molar-refractivity contribution in [1.82, 2.24) is 4.98 Å². The molecule has 8 heteroatoms. The van der Waals surface area contributed by atoms with E-state index < -0.39 is 6.36 Å². The van der Waals surface area contributed by atoms with E-state index in [4.69, 9.17) is 4.79 Å². The van der Waals surface area contributed by atoms with Crippen LogP contribution in [-0.4, -0.2) is 22.9 Å². The Labute approximate surface area is 116 Å². The van der Waals surface area contributed by atoms with Gasteiger partial charge in [0.1, 0.15) is 5.75 Å². The molecule has 0 atom stereocenters. The molecule has 2 rings (SSSR count). The third-order valence-corrected chi connectivity index (χ3v) is 2.27. The molecule has 0 saturated heterocycles. The van der Waals surface area contributed by atoms with Gasteiger partial charge in [-0.1, -0.05) is 0 Å². The van der Waals surface area contributed by atoms with Crippen LogP contribution >= 0.6 is 11.6 Å². The predicted octanol–water partition coefficient (Wildman–Crippen LogP) is 3.68. The van der Waals surface area contributed by atoms with Crippen LogP contribution in [0.1, 0.15) is 17.3 Å². The minimum Gasteiger partial charge on any atom is -0.406 e. The first-order valence-electron chi connectivity index (χ1n) is 5.20. The second kappa shape index (κ2) is 6.42. The number of benzene rings is 1. The minimum atomic E-state index is -4.74. The van der Waals surface area contributed by atoms with Gasteiger partial charge >= 0.3 is 6.36 Å². The molecule has 0 amide bonds. The van der Waals surface area contributed by atoms with Gasteiger partial charge in [-0.05, 0) is 36.7 Å². The van der Waals surface area contributed by atoms with Gasteiger partial charge in [-0.2, -0.15) is 0 Å². The normalized spacial score (nSPS) is 10.7. The van der Waals surface area contributed by atoms with Crippen LogP contribution in [0, 0.1) is 0 Å². The van der Waals surface area contributed by atoms with Crippen LogP contribution in [0.2, 0.25) is 0 Å². The van der Waals surface area contributed by atoms with E-state index in [-0.39, 0.29) is 17.3 Å².